The normalized spacial score (nSPS) is 15.2. The summed E-state index contributed by atoms with van der Waals surface area (Å²) >= 11 is 0. The SMILES string of the molecule is O=CC(C(=O)OS(=O)(=O)C(F)(F)F)C(F)(F)F. The van der Waals surface area contributed by atoms with Crippen LogP contribution in [0.3, 0.4) is 0 Å². The fraction of sp³-hybridized carbons (Fsp3) is 0.600. The molecule has 0 aliphatic rings. The average molecular weight is 288 g/mol. The van der Waals surface area contributed by atoms with Crippen LogP contribution in [0.25, 0.3) is 0 Å². The molecule has 0 aliphatic carbocycles. The van der Waals surface area contributed by atoms with Gasteiger partial charge in [-0.25, -0.2) is 4.79 Å². The van der Waals surface area contributed by atoms with Crippen LogP contribution in [-0.2, 0) is 23.9 Å². The number of halogens is 6. The van der Waals surface area contributed by atoms with Crippen LogP contribution >= 0.6 is 0 Å². The molecular weight excluding hydrogens is 286 g/mol. The number of hydrogen-bond donors (Lipinski definition) is 0. The Hall–Kier alpha value is -1.33. The minimum absolute atomic E-state index is 1.08. The fourth-order valence-electron chi connectivity index (χ4n) is 0.474. The summed E-state index contributed by atoms with van der Waals surface area (Å²) in [5.74, 6) is -6.47. The van der Waals surface area contributed by atoms with Crippen LogP contribution in [0.1, 0.15) is 0 Å². The van der Waals surface area contributed by atoms with Crippen LogP contribution < -0.4 is 0 Å². The number of hydrogen-bond acceptors (Lipinski definition) is 5. The van der Waals surface area contributed by atoms with Gasteiger partial charge in [-0.15, -0.1) is 0 Å². The van der Waals surface area contributed by atoms with E-state index in [-0.39, 0.29) is 0 Å². The number of alkyl halides is 6. The topological polar surface area (TPSA) is 77.5 Å². The van der Waals surface area contributed by atoms with Crippen LogP contribution in [0.15, 0.2) is 0 Å². The Morgan fingerprint density at radius 1 is 1.12 bits per heavy atom. The average Bonchev–Trinajstić information content (AvgIpc) is 1.98. The molecule has 0 amide bonds. The van der Waals surface area contributed by atoms with Gasteiger partial charge in [-0.2, -0.15) is 34.8 Å². The van der Waals surface area contributed by atoms with Crippen molar-refractivity contribution in [2.24, 2.45) is 5.92 Å². The highest BCUT2D eigenvalue weighted by Gasteiger charge is 2.53. The number of rotatable bonds is 3. The second kappa shape index (κ2) is 4.50. The molecule has 0 saturated carbocycles. The van der Waals surface area contributed by atoms with Crippen molar-refractivity contribution in [2.75, 3.05) is 0 Å². The highest BCUT2D eigenvalue weighted by atomic mass is 32.2. The molecule has 1 unspecified atom stereocenters. The second-order valence-electron chi connectivity index (χ2n) is 2.46. The molecule has 0 aromatic carbocycles. The Balaban J connectivity index is 5.07. The third-order valence-electron chi connectivity index (χ3n) is 1.22. The van der Waals surface area contributed by atoms with Crippen LogP contribution in [-0.4, -0.2) is 32.4 Å². The molecule has 17 heavy (non-hydrogen) atoms. The molecule has 12 heteroatoms. The Labute approximate surface area is 89.5 Å². The van der Waals surface area contributed by atoms with E-state index in [1.165, 1.54) is 0 Å². The Morgan fingerprint density at radius 2 is 1.53 bits per heavy atom. The first-order chi connectivity index (χ1) is 7.33. The summed E-state index contributed by atoms with van der Waals surface area (Å²) in [6.45, 7) is 0. The van der Waals surface area contributed by atoms with E-state index in [0.717, 1.165) is 0 Å². The van der Waals surface area contributed by atoms with Crippen molar-refractivity contribution in [1.82, 2.24) is 0 Å². The van der Waals surface area contributed by atoms with Gasteiger partial charge in [0.05, 0.1) is 0 Å². The van der Waals surface area contributed by atoms with Gasteiger partial charge in [-0.1, -0.05) is 0 Å². The molecule has 100 valence electrons. The summed E-state index contributed by atoms with van der Waals surface area (Å²) in [5.41, 5.74) is -6.07. The first-order valence-corrected chi connectivity index (χ1v) is 4.80. The zero-order valence-electron chi connectivity index (χ0n) is 7.37. The quantitative estimate of drug-likeness (QED) is 0.252. The maximum atomic E-state index is 11.8. The second-order valence-corrected chi connectivity index (χ2v) is 4.00. The molecule has 1 atom stereocenters. The van der Waals surface area contributed by atoms with Crippen LogP contribution in [0.2, 0.25) is 0 Å². The molecule has 0 radical (unpaired) electrons. The van der Waals surface area contributed by atoms with E-state index >= 15 is 0 Å². The molecule has 0 N–H and O–H groups in total. The first kappa shape index (κ1) is 15.7. The summed E-state index contributed by atoms with van der Waals surface area (Å²) < 4.78 is 93.3. The Kier molecular flexibility index (Phi) is 4.15. The van der Waals surface area contributed by atoms with Crippen molar-refractivity contribution in [3.05, 3.63) is 0 Å². The van der Waals surface area contributed by atoms with E-state index in [0.29, 0.717) is 0 Å². The van der Waals surface area contributed by atoms with E-state index in [1.54, 1.807) is 0 Å². The molecule has 0 aromatic rings. The largest absolute Gasteiger partial charge is 0.534 e. The summed E-state index contributed by atoms with van der Waals surface area (Å²) in [5, 5.41) is 0. The molecule has 0 bridgehead atoms. The van der Waals surface area contributed by atoms with Gasteiger partial charge >= 0.3 is 27.8 Å². The van der Waals surface area contributed by atoms with Gasteiger partial charge in [0.15, 0.2) is 0 Å². The van der Waals surface area contributed by atoms with E-state index in [9.17, 15) is 44.3 Å². The summed E-state index contributed by atoms with van der Waals surface area (Å²) in [4.78, 5) is 20.3. The van der Waals surface area contributed by atoms with Crippen molar-refractivity contribution in [1.29, 1.82) is 0 Å². The van der Waals surface area contributed by atoms with Crippen molar-refractivity contribution in [2.45, 2.75) is 11.7 Å². The molecule has 0 fully saturated rings. The van der Waals surface area contributed by atoms with E-state index < -0.39 is 40.0 Å². The lowest BCUT2D eigenvalue weighted by atomic mass is 10.2. The highest BCUT2D eigenvalue weighted by molar-refractivity contribution is 7.88. The van der Waals surface area contributed by atoms with Crippen molar-refractivity contribution in [3.8, 4) is 0 Å². The van der Waals surface area contributed by atoms with Gasteiger partial charge in [0.2, 0.25) is 5.92 Å². The zero-order chi connectivity index (χ0) is 14.1. The minimum atomic E-state index is -6.52. The third kappa shape index (κ3) is 3.87. The van der Waals surface area contributed by atoms with Crippen LogP contribution in [0, 0.1) is 5.92 Å². The Bertz CT molecular complexity index is 405. The lowest BCUT2D eigenvalue weighted by Crippen LogP contribution is -2.37. The predicted octanol–water partition coefficient (Wildman–Crippen LogP) is 0.757. The van der Waals surface area contributed by atoms with Gasteiger partial charge in [-0.3, -0.25) is 0 Å². The lowest BCUT2D eigenvalue weighted by Gasteiger charge is -2.13. The van der Waals surface area contributed by atoms with Crippen LogP contribution in [0.4, 0.5) is 26.3 Å². The number of carbonyl (C=O) groups is 2. The van der Waals surface area contributed by atoms with E-state index in [4.69, 9.17) is 0 Å². The molecule has 5 nitrogen and oxygen atoms in total. The maximum absolute atomic E-state index is 11.8. The zero-order valence-corrected chi connectivity index (χ0v) is 8.19. The van der Waals surface area contributed by atoms with Crippen molar-refractivity contribution in [3.63, 3.8) is 0 Å². The highest BCUT2D eigenvalue weighted by Crippen LogP contribution is 2.29. The van der Waals surface area contributed by atoms with E-state index in [1.807, 2.05) is 0 Å². The molecule has 0 saturated heterocycles. The number of aldehydes is 1. The Morgan fingerprint density at radius 3 is 1.76 bits per heavy atom. The van der Waals surface area contributed by atoms with Gasteiger partial charge in [0, 0.05) is 0 Å². The first-order valence-electron chi connectivity index (χ1n) is 3.39. The third-order valence-corrected chi connectivity index (χ3v) is 2.17. The fourth-order valence-corrected chi connectivity index (χ4v) is 0.888. The smallest absolute Gasteiger partial charge is 0.338 e. The molecule has 0 heterocycles. The molecule has 0 aliphatic heterocycles. The van der Waals surface area contributed by atoms with Crippen molar-refractivity contribution < 1.29 is 48.5 Å². The van der Waals surface area contributed by atoms with Gasteiger partial charge < -0.3 is 8.98 Å². The van der Waals surface area contributed by atoms with Crippen molar-refractivity contribution >= 4 is 22.4 Å². The predicted molar refractivity (Wildman–Crippen MR) is 36.7 cm³/mol. The van der Waals surface area contributed by atoms with E-state index in [2.05, 4.69) is 4.18 Å². The van der Waals surface area contributed by atoms with Gasteiger partial charge in [0.25, 0.3) is 0 Å². The summed E-state index contributed by atoms with van der Waals surface area (Å²) in [6, 6.07) is 0. The molecule has 0 aromatic heterocycles. The van der Waals surface area contributed by atoms with Gasteiger partial charge in [-0.05, 0) is 0 Å². The standard InChI is InChI=1S/C5H2F6O5S/c6-4(7,8)2(1-12)3(13)16-17(14,15)5(9,10)11/h1-2H. The van der Waals surface area contributed by atoms with Crippen LogP contribution in [0.5, 0.6) is 0 Å². The molecule has 0 spiro atoms. The maximum Gasteiger partial charge on any atom is 0.534 e. The number of carbonyl (C=O) groups excluding carboxylic acids is 2. The van der Waals surface area contributed by atoms with Gasteiger partial charge in [0.1, 0.15) is 6.29 Å². The summed E-state index contributed by atoms with van der Waals surface area (Å²) in [7, 11) is -6.52. The molecular formula is C5H2F6O5S. The minimum Gasteiger partial charge on any atom is -0.338 e. The molecule has 0 rings (SSSR count). The monoisotopic (exact) mass is 288 g/mol. The lowest BCUT2D eigenvalue weighted by molar-refractivity contribution is -0.189. The summed E-state index contributed by atoms with van der Waals surface area (Å²) in [6.07, 6.45) is -6.62.